The second kappa shape index (κ2) is 12.2. The Morgan fingerprint density at radius 1 is 0.889 bits per heavy atom. The summed E-state index contributed by atoms with van der Waals surface area (Å²) in [5, 5.41) is 14.8. The van der Waals surface area contributed by atoms with E-state index >= 15 is 0 Å². The summed E-state index contributed by atoms with van der Waals surface area (Å²) in [6, 6.07) is 19.2. The number of methoxy groups -OCH3 is 2. The predicted octanol–water partition coefficient (Wildman–Crippen LogP) is 5.53. The van der Waals surface area contributed by atoms with Gasteiger partial charge < -0.3 is 19.9 Å². The number of hydrogen-bond acceptors (Lipinski definition) is 9. The first-order chi connectivity index (χ1) is 17.2. The summed E-state index contributed by atoms with van der Waals surface area (Å²) in [7, 11) is -1.35. The van der Waals surface area contributed by atoms with E-state index in [1.54, 1.807) is 35.7 Å². The maximum atomic E-state index is 12.8. The molecule has 0 aliphatic rings. The first-order valence-electron chi connectivity index (χ1n) is 10.2. The van der Waals surface area contributed by atoms with Gasteiger partial charge in [-0.1, -0.05) is 24.3 Å². The fourth-order valence-corrected chi connectivity index (χ4v) is 5.86. The van der Waals surface area contributed by atoms with Gasteiger partial charge >= 0.3 is 11.9 Å². The predicted molar refractivity (Wildman–Crippen MR) is 140 cm³/mol. The molecule has 0 saturated carbocycles. The number of ether oxygens (including phenoxy) is 2. The number of sulfonamides is 1. The van der Waals surface area contributed by atoms with Crippen LogP contribution < -0.4 is 14.8 Å². The fourth-order valence-electron chi connectivity index (χ4n) is 2.89. The zero-order valence-electron chi connectivity index (χ0n) is 19.1. The van der Waals surface area contributed by atoms with Crippen molar-refractivity contribution in [3.05, 3.63) is 87.2 Å². The summed E-state index contributed by atoms with van der Waals surface area (Å²) in [6.45, 7) is 0. The van der Waals surface area contributed by atoms with E-state index < -0.39 is 22.0 Å². The van der Waals surface area contributed by atoms with Crippen molar-refractivity contribution in [2.75, 3.05) is 24.3 Å². The molecule has 2 aromatic carbocycles. The summed E-state index contributed by atoms with van der Waals surface area (Å²) in [4.78, 5) is 22.1. The molecule has 0 saturated heterocycles. The maximum absolute atomic E-state index is 12.8. The topological polar surface area (TPSA) is 131 Å². The first kappa shape index (κ1) is 26.7. The molecule has 0 bridgehead atoms. The summed E-state index contributed by atoms with van der Waals surface area (Å²) >= 11 is 2.23. The SMILES string of the molecule is COC(=O)c1sccc1S(=O)(=O)Nc1ccc(Nc2ccccc2)cc1OC.O=C(O)c1cccs1. The van der Waals surface area contributed by atoms with Crippen LogP contribution in [-0.4, -0.2) is 39.7 Å². The third kappa shape index (κ3) is 6.84. The monoisotopic (exact) mass is 546 g/mol. The summed E-state index contributed by atoms with van der Waals surface area (Å²) in [5.41, 5.74) is 1.87. The number of carboxylic acids is 1. The van der Waals surface area contributed by atoms with Gasteiger partial charge in [-0.05, 0) is 47.2 Å². The van der Waals surface area contributed by atoms with Gasteiger partial charge in [0, 0.05) is 17.4 Å². The van der Waals surface area contributed by atoms with Crippen LogP contribution in [0.3, 0.4) is 0 Å². The molecule has 2 aromatic heterocycles. The Bertz CT molecular complexity index is 1420. The van der Waals surface area contributed by atoms with E-state index in [0.717, 1.165) is 22.7 Å². The molecule has 0 aliphatic carbocycles. The average Bonchev–Trinajstić information content (AvgIpc) is 3.58. The van der Waals surface area contributed by atoms with Crippen LogP contribution >= 0.6 is 22.7 Å². The van der Waals surface area contributed by atoms with Gasteiger partial charge in [-0.25, -0.2) is 18.0 Å². The second-order valence-electron chi connectivity index (χ2n) is 6.90. The fraction of sp³-hybridized carbons (Fsp3) is 0.0833. The molecule has 0 atom stereocenters. The molecular weight excluding hydrogens is 524 g/mol. The summed E-state index contributed by atoms with van der Waals surface area (Å²) in [5.74, 6) is -1.22. The van der Waals surface area contributed by atoms with E-state index in [1.807, 2.05) is 30.3 Å². The molecule has 0 unspecified atom stereocenters. The Morgan fingerprint density at radius 3 is 2.22 bits per heavy atom. The number of para-hydroxylation sites is 1. The molecule has 0 spiro atoms. The van der Waals surface area contributed by atoms with E-state index in [0.29, 0.717) is 10.6 Å². The van der Waals surface area contributed by atoms with Crippen LogP contribution in [0.4, 0.5) is 17.1 Å². The minimum Gasteiger partial charge on any atom is -0.494 e. The summed E-state index contributed by atoms with van der Waals surface area (Å²) < 4.78 is 38.0. The smallest absolute Gasteiger partial charge is 0.349 e. The molecule has 0 radical (unpaired) electrons. The number of anilines is 3. The van der Waals surface area contributed by atoms with Gasteiger partial charge in [0.1, 0.15) is 20.4 Å². The summed E-state index contributed by atoms with van der Waals surface area (Å²) in [6.07, 6.45) is 0. The van der Waals surface area contributed by atoms with Gasteiger partial charge in [-0.15, -0.1) is 22.7 Å². The van der Waals surface area contributed by atoms with Crippen molar-refractivity contribution in [1.29, 1.82) is 0 Å². The van der Waals surface area contributed by atoms with E-state index in [-0.39, 0.29) is 15.5 Å². The van der Waals surface area contributed by atoms with Crippen LogP contribution in [0.5, 0.6) is 5.75 Å². The van der Waals surface area contributed by atoms with Crippen LogP contribution in [0, 0.1) is 0 Å². The van der Waals surface area contributed by atoms with Crippen LogP contribution in [0.2, 0.25) is 0 Å². The van der Waals surface area contributed by atoms with Gasteiger partial charge in [0.15, 0.2) is 0 Å². The van der Waals surface area contributed by atoms with Crippen molar-refractivity contribution in [2.24, 2.45) is 0 Å². The minimum absolute atomic E-state index is 0.0105. The number of hydrogen-bond donors (Lipinski definition) is 3. The highest BCUT2D eigenvalue weighted by Crippen LogP contribution is 2.32. The normalized spacial score (nSPS) is 10.5. The first-order valence-corrected chi connectivity index (χ1v) is 13.4. The lowest BCUT2D eigenvalue weighted by atomic mass is 10.2. The number of nitrogens with one attached hydrogen (secondary N) is 2. The van der Waals surface area contributed by atoms with Gasteiger partial charge in [-0.2, -0.15) is 0 Å². The number of esters is 1. The number of aromatic carboxylic acids is 1. The molecule has 36 heavy (non-hydrogen) atoms. The largest absolute Gasteiger partial charge is 0.494 e. The molecule has 4 rings (SSSR count). The lowest BCUT2D eigenvalue weighted by Gasteiger charge is -2.14. The second-order valence-corrected chi connectivity index (χ2v) is 10.4. The quantitative estimate of drug-likeness (QED) is 0.246. The molecule has 0 amide bonds. The van der Waals surface area contributed by atoms with Crippen molar-refractivity contribution in [3.63, 3.8) is 0 Å². The van der Waals surface area contributed by atoms with Crippen LogP contribution in [0.25, 0.3) is 0 Å². The molecule has 4 aromatic rings. The van der Waals surface area contributed by atoms with Gasteiger partial charge in [0.05, 0.1) is 19.9 Å². The van der Waals surface area contributed by atoms with E-state index in [9.17, 15) is 18.0 Å². The molecule has 12 heteroatoms. The highest BCUT2D eigenvalue weighted by atomic mass is 32.2. The molecule has 188 valence electrons. The number of thiophene rings is 2. The lowest BCUT2D eigenvalue weighted by Crippen LogP contribution is -2.16. The Hall–Kier alpha value is -3.87. The minimum atomic E-state index is -4.00. The number of benzene rings is 2. The Morgan fingerprint density at radius 2 is 1.64 bits per heavy atom. The Balaban J connectivity index is 0.000000383. The zero-order valence-corrected chi connectivity index (χ0v) is 21.6. The van der Waals surface area contributed by atoms with Gasteiger partial charge in [0.25, 0.3) is 10.0 Å². The van der Waals surface area contributed by atoms with E-state index in [4.69, 9.17) is 9.84 Å². The van der Waals surface area contributed by atoms with E-state index in [1.165, 1.54) is 37.0 Å². The molecule has 9 nitrogen and oxygen atoms in total. The molecule has 2 heterocycles. The standard InChI is InChI=1S/C19H18N2O5S2.C5H4O2S/c1-25-16-12-14(20-13-6-4-3-5-7-13)8-9-15(16)21-28(23,24)17-10-11-27-18(17)19(22)26-2;6-5(7)4-2-1-3-8-4/h3-12,20-21H,1-2H3;1-3H,(H,6,7). The van der Waals surface area contributed by atoms with Crippen LogP contribution in [-0.2, 0) is 14.8 Å². The zero-order chi connectivity index (χ0) is 26.1. The number of carbonyl (C=O) groups excluding carboxylic acids is 1. The van der Waals surface area contributed by atoms with Crippen LogP contribution in [0.15, 0.2) is 82.4 Å². The van der Waals surface area contributed by atoms with Gasteiger partial charge in [-0.3, -0.25) is 4.72 Å². The van der Waals surface area contributed by atoms with Crippen molar-refractivity contribution < 1.29 is 32.6 Å². The molecule has 0 aliphatic heterocycles. The Labute approximate surface area is 216 Å². The highest BCUT2D eigenvalue weighted by molar-refractivity contribution is 7.93. The highest BCUT2D eigenvalue weighted by Gasteiger charge is 2.25. The third-order valence-electron chi connectivity index (χ3n) is 4.53. The Kier molecular flexibility index (Phi) is 9.06. The van der Waals surface area contributed by atoms with Crippen molar-refractivity contribution in [2.45, 2.75) is 4.90 Å². The number of carbonyl (C=O) groups is 2. The number of carboxylic acid groups (broad SMARTS) is 1. The van der Waals surface area contributed by atoms with Crippen molar-refractivity contribution in [1.82, 2.24) is 0 Å². The number of rotatable bonds is 8. The third-order valence-corrected chi connectivity index (χ3v) is 7.82. The molecular formula is C24H22N2O7S3. The van der Waals surface area contributed by atoms with Crippen molar-refractivity contribution >= 4 is 61.7 Å². The molecule has 0 fully saturated rings. The lowest BCUT2D eigenvalue weighted by molar-refractivity contribution is 0.0601. The maximum Gasteiger partial charge on any atom is 0.349 e. The van der Waals surface area contributed by atoms with Crippen LogP contribution in [0.1, 0.15) is 19.3 Å². The molecule has 3 N–H and O–H groups in total. The van der Waals surface area contributed by atoms with E-state index in [2.05, 4.69) is 14.8 Å². The average molecular weight is 547 g/mol. The van der Waals surface area contributed by atoms with Gasteiger partial charge in [0.2, 0.25) is 0 Å². The van der Waals surface area contributed by atoms with Crippen molar-refractivity contribution in [3.8, 4) is 5.75 Å².